The van der Waals surface area contributed by atoms with Crippen molar-refractivity contribution in [3.8, 4) is 22.8 Å². The number of halogens is 2. The molecule has 0 unspecified atom stereocenters. The first-order chi connectivity index (χ1) is 18.4. The van der Waals surface area contributed by atoms with Gasteiger partial charge in [-0.25, -0.2) is 9.37 Å². The summed E-state index contributed by atoms with van der Waals surface area (Å²) in [4.78, 5) is 47.8. The van der Waals surface area contributed by atoms with Gasteiger partial charge in [0, 0.05) is 31.7 Å². The average molecular weight is 559 g/mol. The molecule has 0 aliphatic carbocycles. The van der Waals surface area contributed by atoms with Crippen LogP contribution in [0.25, 0.3) is 11.3 Å². The number of rotatable bonds is 4. The molecule has 4 heterocycles. The molecule has 2 amide bonds. The molecule has 5 rings (SSSR count). The van der Waals surface area contributed by atoms with Crippen LogP contribution in [0.5, 0.6) is 11.5 Å². The molecule has 1 aromatic heterocycles. The van der Waals surface area contributed by atoms with Crippen molar-refractivity contribution in [3.63, 3.8) is 0 Å². The number of fused-ring (bicyclic) bond motifs is 2. The van der Waals surface area contributed by atoms with E-state index in [2.05, 4.69) is 11.6 Å². The van der Waals surface area contributed by atoms with Gasteiger partial charge in [0.2, 0.25) is 5.91 Å². The summed E-state index contributed by atoms with van der Waals surface area (Å²) in [6.45, 7) is 7.96. The van der Waals surface area contributed by atoms with Crippen LogP contribution in [0.15, 0.2) is 30.9 Å². The molecule has 3 aliphatic rings. The van der Waals surface area contributed by atoms with Gasteiger partial charge in [-0.05, 0) is 38.5 Å². The Morgan fingerprint density at radius 1 is 1.26 bits per heavy atom. The number of piperazine rings is 1. The molecule has 0 radical (unpaired) electrons. The molecule has 2 fully saturated rings. The van der Waals surface area contributed by atoms with Crippen molar-refractivity contribution < 1.29 is 33.7 Å². The summed E-state index contributed by atoms with van der Waals surface area (Å²) in [5.41, 5.74) is -1.11. The smallest absolute Gasteiger partial charge is 0.308 e. The van der Waals surface area contributed by atoms with E-state index in [9.17, 15) is 24.6 Å². The number of aliphatic carboxylic acids is 1. The molecule has 1 aromatic carbocycles. The minimum absolute atomic E-state index is 0.00727. The van der Waals surface area contributed by atoms with E-state index >= 15 is 4.39 Å². The number of aromatic hydroxyl groups is 1. The largest absolute Gasteiger partial charge is 0.507 e. The van der Waals surface area contributed by atoms with E-state index in [1.165, 1.54) is 18.2 Å². The number of hydrogen-bond acceptors (Lipinski definition) is 7. The van der Waals surface area contributed by atoms with Gasteiger partial charge in [0.05, 0.1) is 17.5 Å². The molecular weight excluding hydrogens is 531 g/mol. The summed E-state index contributed by atoms with van der Waals surface area (Å²) < 4.78 is 21.1. The number of carboxylic acids is 1. The Bertz CT molecular complexity index is 1380. The molecular formula is C27H28ClFN4O6. The quantitative estimate of drug-likeness (QED) is 0.549. The Kier molecular flexibility index (Phi) is 6.66. The van der Waals surface area contributed by atoms with Gasteiger partial charge in [0.15, 0.2) is 5.75 Å². The molecule has 0 bridgehead atoms. The number of amides is 2. The maximum Gasteiger partial charge on any atom is 0.308 e. The van der Waals surface area contributed by atoms with Crippen LogP contribution in [0.2, 0.25) is 5.02 Å². The van der Waals surface area contributed by atoms with Gasteiger partial charge in [-0.1, -0.05) is 24.2 Å². The number of carbonyl (C=O) groups is 3. The first kappa shape index (κ1) is 26.7. The van der Waals surface area contributed by atoms with Crippen LogP contribution in [0.4, 0.5) is 10.2 Å². The number of carboxylic acid groups (broad SMARTS) is 1. The lowest BCUT2D eigenvalue weighted by atomic mass is 9.96. The molecule has 2 atom stereocenters. The Morgan fingerprint density at radius 3 is 2.64 bits per heavy atom. The lowest BCUT2D eigenvalue weighted by molar-refractivity contribution is -0.141. The fourth-order valence-electron chi connectivity index (χ4n) is 5.67. The van der Waals surface area contributed by atoms with Crippen LogP contribution in [0, 0.1) is 11.7 Å². The first-order valence-electron chi connectivity index (χ1n) is 12.5. The third-order valence-electron chi connectivity index (χ3n) is 7.65. The number of anilines is 1. The third-order valence-corrected chi connectivity index (χ3v) is 8.00. The van der Waals surface area contributed by atoms with E-state index in [0.717, 1.165) is 6.07 Å². The van der Waals surface area contributed by atoms with Crippen LogP contribution in [-0.4, -0.2) is 87.1 Å². The van der Waals surface area contributed by atoms with Crippen molar-refractivity contribution in [3.05, 3.63) is 47.3 Å². The highest BCUT2D eigenvalue weighted by molar-refractivity contribution is 6.35. The van der Waals surface area contributed by atoms with Crippen LogP contribution in [0.3, 0.4) is 0 Å². The van der Waals surface area contributed by atoms with Crippen molar-refractivity contribution in [2.45, 2.75) is 31.8 Å². The normalized spacial score (nSPS) is 22.1. The van der Waals surface area contributed by atoms with Gasteiger partial charge in [-0.2, -0.15) is 0 Å². The number of nitrogens with zero attached hydrogens (tertiary/aromatic N) is 4. The van der Waals surface area contributed by atoms with E-state index in [1.807, 2.05) is 13.8 Å². The SMILES string of the molecule is C=CC(=O)N1CCN2C(=O)c3c(N4C[C@@H](C(=O)O)CC4(C)C)nc(-c4c(O)cccc4F)c(Cl)c3OC[C@H]2C1. The molecule has 2 N–H and O–H groups in total. The number of hydrogen-bond donors (Lipinski definition) is 2. The number of carbonyl (C=O) groups excluding carboxylic acids is 2. The number of aromatic nitrogens is 1. The van der Waals surface area contributed by atoms with Gasteiger partial charge in [-0.3, -0.25) is 14.4 Å². The Labute approximate surface area is 229 Å². The number of ether oxygens (including phenoxy) is 1. The zero-order valence-corrected chi connectivity index (χ0v) is 22.2. The summed E-state index contributed by atoms with van der Waals surface area (Å²) in [6, 6.07) is 3.27. The number of phenolic OH excluding ortho intramolecular Hbond substituents is 1. The minimum Gasteiger partial charge on any atom is -0.507 e. The summed E-state index contributed by atoms with van der Waals surface area (Å²) in [5, 5.41) is 20.1. The van der Waals surface area contributed by atoms with Crippen LogP contribution in [0.1, 0.15) is 30.6 Å². The highest BCUT2D eigenvalue weighted by Gasteiger charge is 2.47. The zero-order valence-electron chi connectivity index (χ0n) is 21.5. The van der Waals surface area contributed by atoms with Crippen molar-refractivity contribution in [2.24, 2.45) is 5.92 Å². The standard InChI is InChI=1S/C27H28ClFN4O6/c1-4-18(35)31-8-9-32-15(12-31)13-39-23-20(25(32)36)24(33-11-14(26(37)38)10-27(33,2)3)30-22(21(23)28)19-16(29)6-5-7-17(19)34/h4-7,14-15,34H,1,8-13H2,2-3H3,(H,37,38)/t14-,15+/m0/s1. The maximum absolute atomic E-state index is 15.0. The summed E-state index contributed by atoms with van der Waals surface area (Å²) in [5.74, 6) is -3.55. The summed E-state index contributed by atoms with van der Waals surface area (Å²) in [6.07, 6.45) is 1.49. The maximum atomic E-state index is 15.0. The van der Waals surface area contributed by atoms with Gasteiger partial charge in [-0.15, -0.1) is 0 Å². The molecule has 10 nitrogen and oxygen atoms in total. The third kappa shape index (κ3) is 4.44. The first-order valence-corrected chi connectivity index (χ1v) is 12.9. The predicted octanol–water partition coefficient (Wildman–Crippen LogP) is 3.17. The van der Waals surface area contributed by atoms with E-state index in [0.29, 0.717) is 0 Å². The topological polar surface area (TPSA) is 124 Å². The van der Waals surface area contributed by atoms with Gasteiger partial charge in [0.1, 0.15) is 40.3 Å². The average Bonchev–Trinajstić information content (AvgIpc) is 3.14. The van der Waals surface area contributed by atoms with Crippen molar-refractivity contribution in [1.82, 2.24) is 14.8 Å². The highest BCUT2D eigenvalue weighted by Crippen LogP contribution is 2.48. The summed E-state index contributed by atoms with van der Waals surface area (Å²) >= 11 is 6.74. The zero-order chi connectivity index (χ0) is 28.2. The van der Waals surface area contributed by atoms with E-state index in [4.69, 9.17) is 16.3 Å². The van der Waals surface area contributed by atoms with Crippen molar-refractivity contribution in [1.29, 1.82) is 0 Å². The second-order valence-corrected chi connectivity index (χ2v) is 10.9. The van der Waals surface area contributed by atoms with Crippen LogP contribution in [-0.2, 0) is 9.59 Å². The number of phenols is 1. The molecule has 3 aliphatic heterocycles. The lowest BCUT2D eigenvalue weighted by Gasteiger charge is -2.40. The molecule has 0 saturated carbocycles. The Balaban J connectivity index is 1.70. The van der Waals surface area contributed by atoms with Gasteiger partial charge >= 0.3 is 5.97 Å². The molecule has 206 valence electrons. The van der Waals surface area contributed by atoms with E-state index in [1.54, 1.807) is 14.7 Å². The van der Waals surface area contributed by atoms with Gasteiger partial charge in [0.25, 0.3) is 5.91 Å². The monoisotopic (exact) mass is 558 g/mol. The number of pyridine rings is 1. The molecule has 0 spiro atoms. The second kappa shape index (κ2) is 9.71. The number of benzene rings is 1. The fourth-order valence-corrected chi connectivity index (χ4v) is 5.95. The van der Waals surface area contributed by atoms with Crippen molar-refractivity contribution >= 4 is 35.2 Å². The Hall–Kier alpha value is -3.86. The Morgan fingerprint density at radius 2 is 2.00 bits per heavy atom. The van der Waals surface area contributed by atoms with Crippen LogP contribution >= 0.6 is 11.6 Å². The molecule has 2 saturated heterocycles. The highest BCUT2D eigenvalue weighted by atomic mass is 35.5. The van der Waals surface area contributed by atoms with Crippen molar-refractivity contribution in [2.75, 3.05) is 37.7 Å². The van der Waals surface area contributed by atoms with E-state index < -0.39 is 40.9 Å². The second-order valence-electron chi connectivity index (χ2n) is 10.6. The van der Waals surface area contributed by atoms with Gasteiger partial charge < -0.3 is 29.6 Å². The molecule has 2 aromatic rings. The van der Waals surface area contributed by atoms with E-state index in [-0.39, 0.29) is 78.5 Å². The summed E-state index contributed by atoms with van der Waals surface area (Å²) in [7, 11) is 0. The predicted molar refractivity (Wildman–Crippen MR) is 141 cm³/mol. The molecule has 39 heavy (non-hydrogen) atoms. The fraction of sp³-hybridized carbons (Fsp3) is 0.407. The minimum atomic E-state index is -0.983. The lowest BCUT2D eigenvalue weighted by Crippen LogP contribution is -2.57. The molecule has 12 heteroatoms. The van der Waals surface area contributed by atoms with Crippen LogP contribution < -0.4 is 9.64 Å².